The Hall–Kier alpha value is -3.26. The number of amides is 1. The number of hydrogen-bond donors (Lipinski definition) is 1. The molecule has 0 radical (unpaired) electrons. The number of carbonyl (C=O) groups is 2. The average Bonchev–Trinajstić information content (AvgIpc) is 3.23. The molecule has 1 fully saturated rings. The Balaban J connectivity index is 0.00000289. The zero-order valence-electron chi connectivity index (χ0n) is 17.4. The molecule has 6 nitrogen and oxygen atoms in total. The second kappa shape index (κ2) is 9.48. The van der Waals surface area contributed by atoms with Crippen molar-refractivity contribution in [3.05, 3.63) is 65.6 Å². The number of H-pyrrole nitrogens is 1. The third kappa shape index (κ3) is 4.36. The van der Waals surface area contributed by atoms with E-state index in [1.165, 1.54) is 17.2 Å². The maximum Gasteiger partial charge on any atom is 0.295 e. The minimum Gasteiger partial charge on any atom is -0.378 e. The first kappa shape index (κ1) is 23.4. The molecule has 0 atom stereocenters. The summed E-state index contributed by atoms with van der Waals surface area (Å²) in [5, 5.41) is 0.154. The Labute approximate surface area is 192 Å². The van der Waals surface area contributed by atoms with Crippen LogP contribution in [0.1, 0.15) is 23.3 Å². The molecule has 168 valence electrons. The number of Topliss-reactive ketones (excluding diaryl/α,β-unsaturated/α-hetero) is 1. The van der Waals surface area contributed by atoms with Crippen molar-refractivity contribution in [3.63, 3.8) is 0 Å². The normalized spacial score (nSPS) is 13.6. The van der Waals surface area contributed by atoms with E-state index in [1.807, 2.05) is 48.2 Å². The second-order valence-corrected chi connectivity index (χ2v) is 8.11. The number of thiocarbonyl (C=S) groups is 1. The number of aromatic nitrogens is 1. The molecule has 0 aliphatic carbocycles. The highest BCUT2D eigenvalue weighted by Crippen LogP contribution is 2.23. The van der Waals surface area contributed by atoms with E-state index in [9.17, 15) is 14.0 Å². The monoisotopic (exact) mass is 454 g/mol. The first-order chi connectivity index (χ1) is 14.9. The zero-order valence-corrected chi connectivity index (χ0v) is 18.2. The molecule has 3 aromatic rings. The number of anilines is 1. The molecule has 1 amide bonds. The van der Waals surface area contributed by atoms with Crippen molar-refractivity contribution in [3.8, 4) is 0 Å². The first-order valence-electron chi connectivity index (χ1n) is 10.0. The van der Waals surface area contributed by atoms with Crippen LogP contribution in [0, 0.1) is 5.82 Å². The van der Waals surface area contributed by atoms with Gasteiger partial charge in [0, 0.05) is 68.6 Å². The van der Waals surface area contributed by atoms with Gasteiger partial charge in [0.15, 0.2) is 0 Å². The van der Waals surface area contributed by atoms with Gasteiger partial charge in [-0.15, -0.1) is 0 Å². The summed E-state index contributed by atoms with van der Waals surface area (Å²) in [7, 11) is 3.96. The Morgan fingerprint density at radius 1 is 1.00 bits per heavy atom. The molecule has 0 spiro atoms. The third-order valence-electron chi connectivity index (χ3n) is 5.58. The fourth-order valence-electron chi connectivity index (χ4n) is 3.78. The van der Waals surface area contributed by atoms with Gasteiger partial charge < -0.3 is 19.7 Å². The number of benzene rings is 2. The van der Waals surface area contributed by atoms with Crippen LogP contribution >= 0.6 is 12.2 Å². The molecular formula is C24H27FN4O2S. The number of rotatable bonds is 4. The van der Waals surface area contributed by atoms with Crippen LogP contribution in [0.4, 0.5) is 10.1 Å². The van der Waals surface area contributed by atoms with Gasteiger partial charge in [0.05, 0.1) is 5.56 Å². The van der Waals surface area contributed by atoms with Crippen LogP contribution in [0.2, 0.25) is 0 Å². The predicted octanol–water partition coefficient (Wildman–Crippen LogP) is 3.71. The van der Waals surface area contributed by atoms with E-state index >= 15 is 0 Å². The summed E-state index contributed by atoms with van der Waals surface area (Å²) < 4.78 is 14.2. The van der Waals surface area contributed by atoms with E-state index in [4.69, 9.17) is 12.2 Å². The van der Waals surface area contributed by atoms with E-state index < -0.39 is 17.5 Å². The number of fused-ring (bicyclic) bond motifs is 1. The van der Waals surface area contributed by atoms with Gasteiger partial charge in [0.25, 0.3) is 11.7 Å². The average molecular weight is 455 g/mol. The van der Waals surface area contributed by atoms with E-state index in [0.29, 0.717) is 31.7 Å². The van der Waals surface area contributed by atoms with Crippen molar-refractivity contribution in [2.75, 3.05) is 45.2 Å². The van der Waals surface area contributed by atoms with E-state index in [-0.39, 0.29) is 18.4 Å². The molecule has 0 saturated carbocycles. The summed E-state index contributed by atoms with van der Waals surface area (Å²) in [5.41, 5.74) is 2.60. The van der Waals surface area contributed by atoms with Crippen LogP contribution in [-0.4, -0.2) is 71.7 Å². The van der Waals surface area contributed by atoms with Crippen LogP contribution in [0.5, 0.6) is 0 Å². The van der Waals surface area contributed by atoms with Gasteiger partial charge in [-0.05, 0) is 36.4 Å². The maximum absolute atomic E-state index is 14.2. The van der Waals surface area contributed by atoms with Gasteiger partial charge in [-0.3, -0.25) is 9.59 Å². The summed E-state index contributed by atoms with van der Waals surface area (Å²) in [4.78, 5) is 34.7. The summed E-state index contributed by atoms with van der Waals surface area (Å²) in [5.74, 6) is -1.85. The Morgan fingerprint density at radius 3 is 2.25 bits per heavy atom. The molecule has 2 heterocycles. The van der Waals surface area contributed by atoms with Crippen molar-refractivity contribution in [2.45, 2.75) is 7.43 Å². The molecule has 1 aliphatic rings. The highest BCUT2D eigenvalue weighted by molar-refractivity contribution is 7.80. The summed E-state index contributed by atoms with van der Waals surface area (Å²) >= 11 is 5.63. The van der Waals surface area contributed by atoms with Crippen molar-refractivity contribution in [1.82, 2.24) is 14.8 Å². The number of piperazine rings is 1. The number of halogens is 1. The number of nitrogens with zero attached hydrogens (tertiary/aromatic N) is 3. The molecule has 1 N–H and O–H groups in total. The van der Waals surface area contributed by atoms with Gasteiger partial charge >= 0.3 is 0 Å². The summed E-state index contributed by atoms with van der Waals surface area (Å²) in [6, 6.07) is 12.5. The SMILES string of the molecule is C.CN(C)c1ccc(C(=S)N2CCN(C(=O)C(=O)c3c[nH]c4cccc(F)c34)CC2)cc1. The molecule has 2 aromatic carbocycles. The number of nitrogens with one attached hydrogen (secondary N) is 1. The predicted molar refractivity (Wildman–Crippen MR) is 130 cm³/mol. The van der Waals surface area contributed by atoms with Gasteiger partial charge in [-0.1, -0.05) is 25.7 Å². The van der Waals surface area contributed by atoms with Crippen LogP contribution < -0.4 is 4.90 Å². The molecule has 1 saturated heterocycles. The fraction of sp³-hybridized carbons (Fsp3) is 0.292. The van der Waals surface area contributed by atoms with Crippen LogP contribution in [0.3, 0.4) is 0 Å². The summed E-state index contributed by atoms with van der Waals surface area (Å²) in [6.07, 6.45) is 1.40. The molecule has 1 aromatic heterocycles. The van der Waals surface area contributed by atoms with Gasteiger partial charge in [0.1, 0.15) is 10.8 Å². The Bertz CT molecular complexity index is 1150. The van der Waals surface area contributed by atoms with E-state index in [2.05, 4.69) is 4.98 Å². The van der Waals surface area contributed by atoms with Crippen molar-refractivity contribution < 1.29 is 14.0 Å². The highest BCUT2D eigenvalue weighted by Gasteiger charge is 2.29. The molecule has 8 heteroatoms. The lowest BCUT2D eigenvalue weighted by Gasteiger charge is -2.36. The quantitative estimate of drug-likeness (QED) is 0.370. The highest BCUT2D eigenvalue weighted by atomic mass is 32.1. The van der Waals surface area contributed by atoms with Gasteiger partial charge in [-0.2, -0.15) is 0 Å². The van der Waals surface area contributed by atoms with E-state index in [0.717, 1.165) is 16.2 Å². The molecule has 32 heavy (non-hydrogen) atoms. The molecule has 1 aliphatic heterocycles. The molecule has 0 unspecified atom stereocenters. The number of aromatic amines is 1. The number of hydrogen-bond acceptors (Lipinski definition) is 4. The van der Waals surface area contributed by atoms with Crippen LogP contribution in [-0.2, 0) is 4.79 Å². The standard InChI is InChI=1S/C23H23FN4O2S.CH4/c1-26(2)16-8-6-15(7-9-16)23(31)28-12-10-27(11-13-28)22(30)21(29)17-14-25-19-5-3-4-18(24)20(17)19;/h3-9,14,25H,10-13H2,1-2H3;1H4. The minimum atomic E-state index is -0.702. The van der Waals surface area contributed by atoms with Crippen molar-refractivity contribution in [2.24, 2.45) is 0 Å². The third-order valence-corrected chi connectivity index (χ3v) is 6.07. The lowest BCUT2D eigenvalue weighted by molar-refractivity contribution is -0.127. The molecule has 4 rings (SSSR count). The minimum absolute atomic E-state index is 0. The van der Waals surface area contributed by atoms with Crippen LogP contribution in [0.25, 0.3) is 10.9 Å². The maximum atomic E-state index is 14.2. The number of ketones is 1. The molecule has 0 bridgehead atoms. The zero-order chi connectivity index (χ0) is 22.1. The van der Waals surface area contributed by atoms with Gasteiger partial charge in [-0.25, -0.2) is 4.39 Å². The summed E-state index contributed by atoms with van der Waals surface area (Å²) in [6.45, 7) is 1.84. The fourth-order valence-corrected chi connectivity index (χ4v) is 4.09. The lowest BCUT2D eigenvalue weighted by atomic mass is 10.1. The Kier molecular flexibility index (Phi) is 6.93. The number of carbonyl (C=O) groups excluding carboxylic acids is 2. The van der Waals surface area contributed by atoms with E-state index in [1.54, 1.807) is 12.1 Å². The topological polar surface area (TPSA) is 59.6 Å². The smallest absolute Gasteiger partial charge is 0.295 e. The van der Waals surface area contributed by atoms with Crippen molar-refractivity contribution in [1.29, 1.82) is 0 Å². The second-order valence-electron chi connectivity index (χ2n) is 7.72. The van der Waals surface area contributed by atoms with Gasteiger partial charge in [0.2, 0.25) is 0 Å². The largest absolute Gasteiger partial charge is 0.378 e. The van der Waals surface area contributed by atoms with Crippen LogP contribution in [0.15, 0.2) is 48.7 Å². The molecular weight excluding hydrogens is 427 g/mol. The lowest BCUT2D eigenvalue weighted by Crippen LogP contribution is -2.52. The Morgan fingerprint density at radius 2 is 1.62 bits per heavy atom. The first-order valence-corrected chi connectivity index (χ1v) is 10.4. The van der Waals surface area contributed by atoms with Crippen molar-refractivity contribution >= 4 is 45.5 Å².